The molecule has 0 spiro atoms. The number of aliphatic imine (C=N–C) groups is 1. The first kappa shape index (κ1) is 31.2. The van der Waals surface area contributed by atoms with Crippen molar-refractivity contribution >= 4 is 42.5 Å². The third-order valence-corrected chi connectivity index (χ3v) is 14.0. The lowest BCUT2D eigenvalue weighted by molar-refractivity contribution is 0.0357. The Hall–Kier alpha value is -4.07. The highest BCUT2D eigenvalue weighted by Gasteiger charge is 2.55. The van der Waals surface area contributed by atoms with Crippen molar-refractivity contribution in [3.63, 3.8) is 0 Å². The minimum atomic E-state index is -0.462. The lowest BCUT2D eigenvalue weighted by Crippen LogP contribution is -2.56. The van der Waals surface area contributed by atoms with E-state index in [1.165, 1.54) is 5.30 Å². The number of imidazole rings is 1. The molecule has 0 bridgehead atoms. The summed E-state index contributed by atoms with van der Waals surface area (Å²) in [6.07, 6.45) is 8.12. The van der Waals surface area contributed by atoms with Crippen LogP contribution in [0, 0.1) is 0 Å². The van der Waals surface area contributed by atoms with Gasteiger partial charge in [-0.2, -0.15) is 0 Å². The van der Waals surface area contributed by atoms with Crippen LogP contribution in [0.5, 0.6) is 5.75 Å². The Morgan fingerprint density at radius 1 is 1.04 bits per heavy atom. The maximum absolute atomic E-state index is 13.9. The van der Waals surface area contributed by atoms with E-state index in [0.717, 1.165) is 73.4 Å². The molecule has 48 heavy (non-hydrogen) atoms. The third-order valence-electron chi connectivity index (χ3n) is 10.8. The fourth-order valence-electron chi connectivity index (χ4n) is 8.26. The van der Waals surface area contributed by atoms with Crippen molar-refractivity contribution in [2.45, 2.75) is 56.8 Å². The zero-order valence-corrected chi connectivity index (χ0v) is 29.1. The van der Waals surface area contributed by atoms with Crippen molar-refractivity contribution in [1.82, 2.24) is 24.1 Å². The molecule has 4 aliphatic rings. The highest BCUT2D eigenvalue weighted by atomic mass is 31.1. The summed E-state index contributed by atoms with van der Waals surface area (Å²) in [5, 5.41) is 1.38. The number of benzene rings is 2. The SMILES string of the molecule is COc1cc2c(cc1P1CC1(C)CC(C)(C)N1CCN(C(=O)c3nc(-c4ccccc4)n4ccccc34)CC1)N=CC1CCCN1C2=O. The molecule has 6 heterocycles. The van der Waals surface area contributed by atoms with Crippen LogP contribution in [0.1, 0.15) is 60.9 Å². The van der Waals surface area contributed by atoms with E-state index in [0.29, 0.717) is 24.3 Å². The minimum Gasteiger partial charge on any atom is -0.496 e. The number of rotatable bonds is 7. The van der Waals surface area contributed by atoms with Gasteiger partial charge in [-0.1, -0.05) is 51.2 Å². The fraction of sp³-hybridized carbons (Fsp3) is 0.421. The summed E-state index contributed by atoms with van der Waals surface area (Å²) in [5.74, 6) is 1.66. The number of amides is 2. The summed E-state index contributed by atoms with van der Waals surface area (Å²) < 4.78 is 7.93. The van der Waals surface area contributed by atoms with Gasteiger partial charge in [-0.3, -0.25) is 23.9 Å². The molecular formula is C38H43N6O3P. The molecule has 9 nitrogen and oxygen atoms in total. The van der Waals surface area contributed by atoms with Gasteiger partial charge in [0.2, 0.25) is 0 Å². The maximum Gasteiger partial charge on any atom is 0.274 e. The molecule has 3 unspecified atom stereocenters. The molecule has 4 aromatic rings. The second-order valence-corrected chi connectivity index (χ2v) is 17.2. The van der Waals surface area contributed by atoms with Crippen molar-refractivity contribution in [3.05, 3.63) is 78.1 Å². The van der Waals surface area contributed by atoms with Gasteiger partial charge in [0.1, 0.15) is 11.6 Å². The third kappa shape index (κ3) is 5.32. The molecule has 0 radical (unpaired) electrons. The molecule has 3 atom stereocenters. The van der Waals surface area contributed by atoms with Crippen LogP contribution in [0.4, 0.5) is 5.69 Å². The Bertz CT molecular complexity index is 1930. The summed E-state index contributed by atoms with van der Waals surface area (Å²) in [6, 6.07) is 20.1. The van der Waals surface area contributed by atoms with E-state index in [9.17, 15) is 9.59 Å². The van der Waals surface area contributed by atoms with Gasteiger partial charge in [0.25, 0.3) is 11.8 Å². The molecule has 3 saturated heterocycles. The van der Waals surface area contributed by atoms with Crippen LogP contribution in [0.2, 0.25) is 0 Å². The van der Waals surface area contributed by atoms with Crippen LogP contribution >= 0.6 is 7.92 Å². The van der Waals surface area contributed by atoms with Crippen molar-refractivity contribution in [2.24, 2.45) is 4.99 Å². The maximum atomic E-state index is 13.9. The largest absolute Gasteiger partial charge is 0.496 e. The number of fused-ring (bicyclic) bond motifs is 3. The van der Waals surface area contributed by atoms with E-state index in [1.54, 1.807) is 7.11 Å². The van der Waals surface area contributed by atoms with Gasteiger partial charge in [0.05, 0.1) is 29.9 Å². The summed E-state index contributed by atoms with van der Waals surface area (Å²) in [4.78, 5) is 43.5. The van der Waals surface area contributed by atoms with Gasteiger partial charge < -0.3 is 14.5 Å². The number of aromatic nitrogens is 2. The summed E-state index contributed by atoms with van der Waals surface area (Å²) in [6.45, 7) is 10.9. The number of hydrogen-bond acceptors (Lipinski definition) is 6. The van der Waals surface area contributed by atoms with E-state index in [4.69, 9.17) is 14.7 Å². The predicted molar refractivity (Wildman–Crippen MR) is 192 cm³/mol. The van der Waals surface area contributed by atoms with Crippen LogP contribution in [-0.2, 0) is 0 Å². The van der Waals surface area contributed by atoms with Crippen LogP contribution in [0.25, 0.3) is 16.9 Å². The van der Waals surface area contributed by atoms with E-state index < -0.39 is 7.92 Å². The average Bonchev–Trinajstić information content (AvgIpc) is 3.41. The standard InChI is InChI=1S/C38H43N6O3P/c1-37(2,24-38(3)25-48(38)32-22-29-28(21-31(32)47-4)35(45)43-16-10-13-27(43)23-39-29)42-19-17-41(18-20-42)36(46)33-30-14-8-9-15-44(30)34(40-33)26-11-6-5-7-12-26/h5-9,11-12,14-15,21-23,27H,10,13,16-20,24-25H2,1-4H3. The number of hydrogen-bond donors (Lipinski definition) is 0. The van der Waals surface area contributed by atoms with E-state index in [2.05, 4.69) is 31.7 Å². The van der Waals surface area contributed by atoms with Gasteiger partial charge in [-0.15, -0.1) is 0 Å². The van der Waals surface area contributed by atoms with Gasteiger partial charge in [-0.05, 0) is 68.7 Å². The van der Waals surface area contributed by atoms with E-state index in [-0.39, 0.29) is 28.6 Å². The minimum absolute atomic E-state index is 0.00659. The highest BCUT2D eigenvalue weighted by molar-refractivity contribution is 7.75. The quantitative estimate of drug-likeness (QED) is 0.233. The first-order valence-corrected chi connectivity index (χ1v) is 18.6. The normalized spacial score (nSPS) is 24.0. The lowest BCUT2D eigenvalue weighted by Gasteiger charge is -2.45. The number of methoxy groups -OCH3 is 1. The zero-order valence-electron chi connectivity index (χ0n) is 28.2. The molecule has 3 fully saturated rings. The molecule has 0 N–H and O–H groups in total. The number of nitrogens with zero attached hydrogens (tertiary/aromatic N) is 6. The Morgan fingerprint density at radius 2 is 1.81 bits per heavy atom. The van der Waals surface area contributed by atoms with E-state index >= 15 is 0 Å². The smallest absolute Gasteiger partial charge is 0.274 e. The van der Waals surface area contributed by atoms with Crippen LogP contribution in [-0.4, -0.2) is 105 Å². The number of pyridine rings is 1. The second-order valence-electron chi connectivity index (χ2n) is 14.5. The molecular weight excluding hydrogens is 619 g/mol. The molecule has 8 rings (SSSR count). The molecule has 0 aliphatic carbocycles. The first-order valence-electron chi connectivity index (χ1n) is 17.1. The summed E-state index contributed by atoms with van der Waals surface area (Å²) in [5.41, 5.74) is 3.73. The van der Waals surface area contributed by atoms with Crippen molar-refractivity contribution in [2.75, 3.05) is 46.0 Å². The monoisotopic (exact) mass is 662 g/mol. The second kappa shape index (κ2) is 11.8. The zero-order chi connectivity index (χ0) is 33.2. The predicted octanol–water partition coefficient (Wildman–Crippen LogP) is 5.84. The number of piperazine rings is 1. The van der Waals surface area contributed by atoms with Gasteiger partial charge in [0.15, 0.2) is 5.69 Å². The molecule has 4 aliphatic heterocycles. The molecule has 2 aromatic carbocycles. The summed E-state index contributed by atoms with van der Waals surface area (Å²) in [7, 11) is 1.25. The summed E-state index contributed by atoms with van der Waals surface area (Å²) >= 11 is 0. The van der Waals surface area contributed by atoms with Crippen molar-refractivity contribution in [3.8, 4) is 17.1 Å². The lowest BCUT2D eigenvalue weighted by atomic mass is 9.90. The molecule has 10 heteroatoms. The van der Waals surface area contributed by atoms with Crippen LogP contribution in [0.15, 0.2) is 71.9 Å². The Balaban J connectivity index is 0.958. The van der Waals surface area contributed by atoms with E-state index in [1.807, 2.05) is 81.2 Å². The Kier molecular flexibility index (Phi) is 7.68. The number of carbonyl (C=O) groups is 2. The van der Waals surface area contributed by atoms with Crippen molar-refractivity contribution in [1.29, 1.82) is 0 Å². The van der Waals surface area contributed by atoms with Crippen LogP contribution < -0.4 is 10.0 Å². The number of ether oxygens (including phenoxy) is 1. The fourth-order valence-corrected chi connectivity index (χ4v) is 11.2. The Morgan fingerprint density at radius 3 is 2.58 bits per heavy atom. The average molecular weight is 663 g/mol. The molecule has 0 saturated carbocycles. The van der Waals surface area contributed by atoms with Gasteiger partial charge >= 0.3 is 0 Å². The molecule has 2 aromatic heterocycles. The Labute approximate surface area is 283 Å². The van der Waals surface area contributed by atoms with Crippen LogP contribution in [0.3, 0.4) is 0 Å². The van der Waals surface area contributed by atoms with Gasteiger partial charge in [-0.25, -0.2) is 4.98 Å². The topological polar surface area (TPSA) is 82.8 Å². The van der Waals surface area contributed by atoms with Crippen molar-refractivity contribution < 1.29 is 14.3 Å². The highest BCUT2D eigenvalue weighted by Crippen LogP contribution is 2.71. The molecule has 248 valence electrons. The number of carbonyl (C=O) groups excluding carboxylic acids is 2. The molecule has 2 amide bonds. The first-order chi connectivity index (χ1) is 23.2. The van der Waals surface area contributed by atoms with Gasteiger partial charge in [0, 0.05) is 61.5 Å².